The van der Waals surface area contributed by atoms with Gasteiger partial charge in [0.15, 0.2) is 0 Å². The highest BCUT2D eigenvalue weighted by Crippen LogP contribution is 2.27. The molecule has 0 fully saturated rings. The Kier molecular flexibility index (Phi) is 4.99. The van der Waals surface area contributed by atoms with Crippen LogP contribution >= 0.6 is 0 Å². The van der Waals surface area contributed by atoms with Gasteiger partial charge in [0.25, 0.3) is 0 Å². The van der Waals surface area contributed by atoms with Crippen molar-refractivity contribution >= 4 is 5.97 Å². The molecular weight excluding hydrogens is 275 g/mol. The quantitative estimate of drug-likeness (QED) is 0.847. The molecule has 0 aliphatic heterocycles. The maximum atomic E-state index is 12.1. The molecule has 1 atom stereocenters. The number of carbonyl (C=O) groups is 1. The number of halogens is 3. The van der Waals surface area contributed by atoms with Crippen LogP contribution in [-0.4, -0.2) is 26.0 Å². The first kappa shape index (κ1) is 16.3. The molecule has 112 valence electrons. The van der Waals surface area contributed by atoms with E-state index in [2.05, 4.69) is 10.1 Å². The summed E-state index contributed by atoms with van der Waals surface area (Å²) in [5.41, 5.74) is -0.638. The van der Waals surface area contributed by atoms with Gasteiger partial charge in [0.05, 0.1) is 7.11 Å². The van der Waals surface area contributed by atoms with Gasteiger partial charge < -0.3 is 9.47 Å². The Morgan fingerprint density at radius 1 is 1.25 bits per heavy atom. The van der Waals surface area contributed by atoms with Gasteiger partial charge in [-0.3, -0.25) is 5.32 Å². The van der Waals surface area contributed by atoms with E-state index in [9.17, 15) is 18.0 Å². The number of alkyl halides is 3. The first-order valence-electron chi connectivity index (χ1n) is 5.92. The number of methoxy groups -OCH3 is 1. The van der Waals surface area contributed by atoms with Gasteiger partial charge in [0.1, 0.15) is 11.3 Å². The van der Waals surface area contributed by atoms with E-state index >= 15 is 0 Å². The maximum absolute atomic E-state index is 12.1. The Hall–Kier alpha value is -1.76. The second-order valence-corrected chi connectivity index (χ2v) is 4.22. The van der Waals surface area contributed by atoms with E-state index in [1.165, 1.54) is 19.2 Å². The monoisotopic (exact) mass is 291 g/mol. The Morgan fingerprint density at radius 2 is 1.80 bits per heavy atom. The van der Waals surface area contributed by atoms with E-state index in [1.54, 1.807) is 6.92 Å². The van der Waals surface area contributed by atoms with Gasteiger partial charge in [-0.25, -0.2) is 4.79 Å². The zero-order chi connectivity index (χ0) is 15.4. The van der Waals surface area contributed by atoms with Crippen LogP contribution in [0.15, 0.2) is 24.3 Å². The molecule has 4 nitrogen and oxygen atoms in total. The third-order valence-electron chi connectivity index (χ3n) is 2.79. The highest BCUT2D eigenvalue weighted by molar-refractivity contribution is 5.82. The van der Waals surface area contributed by atoms with Crippen molar-refractivity contribution in [2.24, 2.45) is 0 Å². The Bertz CT molecular complexity index is 459. The van der Waals surface area contributed by atoms with Crippen molar-refractivity contribution in [3.05, 3.63) is 29.8 Å². The normalized spacial score (nSPS) is 14.5. The second kappa shape index (κ2) is 6.13. The smallest absolute Gasteiger partial charge is 0.467 e. The zero-order valence-electron chi connectivity index (χ0n) is 11.4. The van der Waals surface area contributed by atoms with Crippen LogP contribution in [0.2, 0.25) is 0 Å². The minimum Gasteiger partial charge on any atom is -0.467 e. The Balaban J connectivity index is 3.03. The fraction of sp³-hybridized carbons (Fsp3) is 0.462. The number of carbonyl (C=O) groups excluding carboxylic acids is 1. The molecule has 1 N–H and O–H groups in total. The van der Waals surface area contributed by atoms with Crippen LogP contribution < -0.4 is 10.1 Å². The lowest BCUT2D eigenvalue weighted by Crippen LogP contribution is -2.47. The van der Waals surface area contributed by atoms with Crippen LogP contribution in [0.3, 0.4) is 0 Å². The van der Waals surface area contributed by atoms with Crippen molar-refractivity contribution in [3.8, 4) is 5.75 Å². The van der Waals surface area contributed by atoms with Gasteiger partial charge in [-0.2, -0.15) is 0 Å². The topological polar surface area (TPSA) is 47.6 Å². The molecule has 20 heavy (non-hydrogen) atoms. The summed E-state index contributed by atoms with van der Waals surface area (Å²) in [6.07, 6.45) is -4.74. The van der Waals surface area contributed by atoms with Crippen molar-refractivity contribution in [2.75, 3.05) is 13.7 Å². The average molecular weight is 291 g/mol. The van der Waals surface area contributed by atoms with Crippen LogP contribution in [-0.2, 0) is 15.1 Å². The van der Waals surface area contributed by atoms with Crippen LogP contribution in [0.25, 0.3) is 0 Å². The number of esters is 1. The molecule has 1 aromatic rings. The minimum atomic E-state index is -4.74. The summed E-state index contributed by atoms with van der Waals surface area (Å²) in [4.78, 5) is 11.8. The van der Waals surface area contributed by atoms with Crippen LogP contribution in [0.1, 0.15) is 19.4 Å². The van der Waals surface area contributed by atoms with Crippen molar-refractivity contribution in [2.45, 2.75) is 25.7 Å². The van der Waals surface area contributed by atoms with E-state index in [4.69, 9.17) is 4.74 Å². The lowest BCUT2D eigenvalue weighted by atomic mass is 9.92. The van der Waals surface area contributed by atoms with Gasteiger partial charge in [0.2, 0.25) is 0 Å². The number of rotatable bonds is 5. The largest absolute Gasteiger partial charge is 0.573 e. The fourth-order valence-corrected chi connectivity index (χ4v) is 1.84. The van der Waals surface area contributed by atoms with E-state index in [-0.39, 0.29) is 5.75 Å². The van der Waals surface area contributed by atoms with Crippen molar-refractivity contribution in [1.82, 2.24) is 5.32 Å². The summed E-state index contributed by atoms with van der Waals surface area (Å²) in [6, 6.07) is 5.09. The average Bonchev–Trinajstić information content (AvgIpc) is 2.36. The SMILES string of the molecule is CCNC(C)(C(=O)OC)c1ccc(OC(F)(F)F)cc1. The van der Waals surface area contributed by atoms with Gasteiger partial charge in [-0.1, -0.05) is 19.1 Å². The van der Waals surface area contributed by atoms with E-state index in [1.807, 2.05) is 6.92 Å². The van der Waals surface area contributed by atoms with Crippen LogP contribution in [0.4, 0.5) is 13.2 Å². The molecule has 0 saturated carbocycles. The molecule has 0 amide bonds. The maximum Gasteiger partial charge on any atom is 0.573 e. The molecular formula is C13H16F3NO3. The summed E-state index contributed by atoms with van der Waals surface area (Å²) in [5, 5.41) is 2.96. The molecule has 7 heteroatoms. The van der Waals surface area contributed by atoms with Gasteiger partial charge in [-0.15, -0.1) is 13.2 Å². The number of ether oxygens (including phenoxy) is 2. The van der Waals surface area contributed by atoms with Gasteiger partial charge in [-0.05, 0) is 31.2 Å². The lowest BCUT2D eigenvalue weighted by Gasteiger charge is -2.28. The molecule has 0 radical (unpaired) electrons. The molecule has 1 rings (SSSR count). The third-order valence-corrected chi connectivity index (χ3v) is 2.79. The Morgan fingerprint density at radius 3 is 2.20 bits per heavy atom. The summed E-state index contributed by atoms with van der Waals surface area (Å²) < 4.78 is 44.7. The van der Waals surface area contributed by atoms with Crippen LogP contribution in [0, 0.1) is 0 Å². The number of hydrogen-bond donors (Lipinski definition) is 1. The van der Waals surface area contributed by atoms with Gasteiger partial charge in [0, 0.05) is 0 Å². The molecule has 1 aromatic carbocycles. The number of nitrogens with one attached hydrogen (secondary N) is 1. The van der Waals surface area contributed by atoms with Crippen molar-refractivity contribution < 1.29 is 27.4 Å². The molecule has 0 spiro atoms. The highest BCUT2D eigenvalue weighted by Gasteiger charge is 2.36. The fourth-order valence-electron chi connectivity index (χ4n) is 1.84. The molecule has 0 saturated heterocycles. The lowest BCUT2D eigenvalue weighted by molar-refractivity contribution is -0.274. The van der Waals surface area contributed by atoms with Crippen LogP contribution in [0.5, 0.6) is 5.75 Å². The number of hydrogen-bond acceptors (Lipinski definition) is 4. The summed E-state index contributed by atoms with van der Waals surface area (Å²) in [6.45, 7) is 3.90. The number of likely N-dealkylation sites (N-methyl/N-ethyl adjacent to an activating group) is 1. The summed E-state index contributed by atoms with van der Waals surface area (Å²) in [7, 11) is 1.25. The standard InChI is InChI=1S/C13H16F3NO3/c1-4-17-12(2,11(18)19-3)9-5-7-10(8-6-9)20-13(14,15)16/h5-8,17H,4H2,1-3H3. The predicted octanol–water partition coefficient (Wildman–Crippen LogP) is 2.58. The second-order valence-electron chi connectivity index (χ2n) is 4.22. The highest BCUT2D eigenvalue weighted by atomic mass is 19.4. The molecule has 0 aliphatic rings. The molecule has 1 unspecified atom stereocenters. The number of benzene rings is 1. The molecule has 0 aliphatic carbocycles. The summed E-state index contributed by atoms with van der Waals surface area (Å²) in [5.74, 6) is -0.867. The predicted molar refractivity (Wildman–Crippen MR) is 66.2 cm³/mol. The Labute approximate surface area is 114 Å². The first-order chi connectivity index (χ1) is 9.23. The molecule has 0 heterocycles. The van der Waals surface area contributed by atoms with Gasteiger partial charge >= 0.3 is 12.3 Å². The van der Waals surface area contributed by atoms with E-state index in [0.29, 0.717) is 12.1 Å². The minimum absolute atomic E-state index is 0.343. The van der Waals surface area contributed by atoms with Crippen molar-refractivity contribution in [1.29, 1.82) is 0 Å². The molecule has 0 bridgehead atoms. The third kappa shape index (κ3) is 3.86. The van der Waals surface area contributed by atoms with E-state index in [0.717, 1.165) is 12.1 Å². The molecule has 0 aromatic heterocycles. The first-order valence-corrected chi connectivity index (χ1v) is 5.92. The summed E-state index contributed by atoms with van der Waals surface area (Å²) >= 11 is 0. The van der Waals surface area contributed by atoms with Crippen molar-refractivity contribution in [3.63, 3.8) is 0 Å². The van der Waals surface area contributed by atoms with E-state index < -0.39 is 17.9 Å². The zero-order valence-corrected chi connectivity index (χ0v) is 11.4.